The summed E-state index contributed by atoms with van der Waals surface area (Å²) in [4.78, 5) is 0. The molecule has 0 aliphatic rings. The molecule has 102 valence electrons. The van der Waals surface area contributed by atoms with Gasteiger partial charge in [0.05, 0.1) is 5.75 Å². The summed E-state index contributed by atoms with van der Waals surface area (Å²) in [5, 5.41) is 3.18. The second-order valence-electron chi connectivity index (χ2n) is 4.33. The van der Waals surface area contributed by atoms with Gasteiger partial charge in [-0.05, 0) is 11.5 Å². The molecule has 0 aliphatic heterocycles. The molecule has 0 aliphatic carbocycles. The van der Waals surface area contributed by atoms with Crippen LogP contribution in [0.2, 0.25) is 0 Å². The van der Waals surface area contributed by atoms with Crippen LogP contribution >= 0.6 is 0 Å². The summed E-state index contributed by atoms with van der Waals surface area (Å²) in [5.41, 5.74) is 1.26. The van der Waals surface area contributed by atoms with Gasteiger partial charge in [0.15, 0.2) is 0 Å². The highest BCUT2D eigenvalue weighted by Crippen LogP contribution is 2.12. The van der Waals surface area contributed by atoms with Gasteiger partial charge in [-0.15, -0.1) is 0 Å². The predicted molar refractivity (Wildman–Crippen MR) is 75.2 cm³/mol. The van der Waals surface area contributed by atoms with Gasteiger partial charge in [0.2, 0.25) is 10.0 Å². The monoisotopic (exact) mass is 270 g/mol. The molecule has 1 atom stereocenters. The molecule has 4 nitrogen and oxygen atoms in total. The van der Waals surface area contributed by atoms with Crippen LogP contribution in [-0.4, -0.2) is 33.8 Å². The Kier molecular flexibility index (Phi) is 6.32. The lowest BCUT2D eigenvalue weighted by Crippen LogP contribution is -2.33. The Hall–Kier alpha value is -0.910. The van der Waals surface area contributed by atoms with E-state index < -0.39 is 10.0 Å². The maximum Gasteiger partial charge on any atom is 0.212 e. The third-order valence-electron chi connectivity index (χ3n) is 2.73. The second kappa shape index (κ2) is 7.51. The van der Waals surface area contributed by atoms with E-state index in [4.69, 9.17) is 0 Å². The Bertz CT molecular complexity index is 432. The Morgan fingerprint density at radius 1 is 1.22 bits per heavy atom. The highest BCUT2D eigenvalue weighted by Gasteiger charge is 2.08. The first-order chi connectivity index (χ1) is 8.55. The lowest BCUT2D eigenvalue weighted by atomic mass is 10.0. The molecule has 0 fully saturated rings. The van der Waals surface area contributed by atoms with Crippen LogP contribution in [0.1, 0.15) is 25.3 Å². The molecule has 0 amide bonds. The van der Waals surface area contributed by atoms with E-state index in [2.05, 4.69) is 29.1 Å². The minimum atomic E-state index is -3.11. The van der Waals surface area contributed by atoms with Crippen molar-refractivity contribution in [3.8, 4) is 0 Å². The molecule has 18 heavy (non-hydrogen) atoms. The highest BCUT2D eigenvalue weighted by atomic mass is 32.2. The summed E-state index contributed by atoms with van der Waals surface area (Å²) >= 11 is 0. The van der Waals surface area contributed by atoms with Crippen molar-refractivity contribution in [2.45, 2.75) is 19.8 Å². The summed E-state index contributed by atoms with van der Waals surface area (Å²) in [6, 6.07) is 10.2. The van der Waals surface area contributed by atoms with Crippen LogP contribution in [0.25, 0.3) is 0 Å². The van der Waals surface area contributed by atoms with Crippen LogP contribution in [0.3, 0.4) is 0 Å². The Balaban J connectivity index is 2.27. The largest absolute Gasteiger partial charge is 0.315 e. The third kappa shape index (κ3) is 5.62. The van der Waals surface area contributed by atoms with Gasteiger partial charge in [-0.2, -0.15) is 0 Å². The first-order valence-electron chi connectivity index (χ1n) is 6.28. The van der Waals surface area contributed by atoms with Crippen LogP contribution in [-0.2, 0) is 10.0 Å². The van der Waals surface area contributed by atoms with Crippen molar-refractivity contribution >= 4 is 10.0 Å². The number of hydrogen-bond donors (Lipinski definition) is 2. The van der Waals surface area contributed by atoms with Crippen LogP contribution in [0.5, 0.6) is 0 Å². The molecule has 0 aromatic heterocycles. The lowest BCUT2D eigenvalue weighted by molar-refractivity contribution is 0.574. The molecule has 0 spiro atoms. The van der Waals surface area contributed by atoms with E-state index in [1.54, 1.807) is 6.92 Å². The smallest absolute Gasteiger partial charge is 0.212 e. The van der Waals surface area contributed by atoms with E-state index in [0.717, 1.165) is 6.54 Å². The predicted octanol–water partition coefficient (Wildman–Crippen LogP) is 1.32. The lowest BCUT2D eigenvalue weighted by Gasteiger charge is -2.13. The summed E-state index contributed by atoms with van der Waals surface area (Å²) in [6.45, 7) is 5.62. The molecule has 0 saturated carbocycles. The Labute approximate surface area is 110 Å². The summed E-state index contributed by atoms with van der Waals surface area (Å²) in [6.07, 6.45) is 0. The van der Waals surface area contributed by atoms with Gasteiger partial charge >= 0.3 is 0 Å². The van der Waals surface area contributed by atoms with E-state index >= 15 is 0 Å². The number of benzene rings is 1. The van der Waals surface area contributed by atoms with Crippen molar-refractivity contribution < 1.29 is 8.42 Å². The van der Waals surface area contributed by atoms with Gasteiger partial charge in [0.1, 0.15) is 0 Å². The third-order valence-corrected chi connectivity index (χ3v) is 4.20. The topological polar surface area (TPSA) is 58.2 Å². The average molecular weight is 270 g/mol. The van der Waals surface area contributed by atoms with Crippen LogP contribution in [0.15, 0.2) is 30.3 Å². The first kappa shape index (κ1) is 15.1. The molecule has 2 N–H and O–H groups in total. The molecule has 1 aromatic rings. The van der Waals surface area contributed by atoms with Gasteiger partial charge in [-0.25, -0.2) is 13.1 Å². The second-order valence-corrected chi connectivity index (χ2v) is 6.26. The fourth-order valence-electron chi connectivity index (χ4n) is 1.72. The Morgan fingerprint density at radius 3 is 2.50 bits per heavy atom. The normalized spacial score (nSPS) is 13.4. The molecule has 0 saturated heterocycles. The van der Waals surface area contributed by atoms with Crippen molar-refractivity contribution in [1.29, 1.82) is 0 Å². The summed E-state index contributed by atoms with van der Waals surface area (Å²) in [5.74, 6) is 0.510. The summed E-state index contributed by atoms with van der Waals surface area (Å²) < 4.78 is 25.3. The zero-order chi connectivity index (χ0) is 13.4. The molecular weight excluding hydrogens is 248 g/mol. The SMILES string of the molecule is CCNS(=O)(=O)CCNCC(C)c1ccccc1. The minimum absolute atomic E-state index is 0.127. The molecule has 1 aromatic carbocycles. The van der Waals surface area contributed by atoms with Gasteiger partial charge in [0.25, 0.3) is 0 Å². The zero-order valence-corrected chi connectivity index (χ0v) is 11.8. The molecule has 5 heteroatoms. The number of rotatable bonds is 8. The quantitative estimate of drug-likeness (QED) is 0.700. The van der Waals surface area contributed by atoms with Crippen molar-refractivity contribution in [1.82, 2.24) is 10.0 Å². The number of sulfonamides is 1. The number of hydrogen-bond acceptors (Lipinski definition) is 3. The average Bonchev–Trinajstić information content (AvgIpc) is 2.35. The van der Waals surface area contributed by atoms with E-state index in [0.29, 0.717) is 19.0 Å². The van der Waals surface area contributed by atoms with E-state index in [1.165, 1.54) is 5.56 Å². The van der Waals surface area contributed by atoms with Gasteiger partial charge < -0.3 is 5.32 Å². The van der Waals surface area contributed by atoms with Crippen LogP contribution < -0.4 is 10.0 Å². The zero-order valence-electron chi connectivity index (χ0n) is 11.0. The molecule has 0 heterocycles. The van der Waals surface area contributed by atoms with Crippen molar-refractivity contribution in [3.05, 3.63) is 35.9 Å². The molecule has 0 bridgehead atoms. The van der Waals surface area contributed by atoms with E-state index in [1.807, 2.05) is 18.2 Å². The van der Waals surface area contributed by atoms with Crippen LogP contribution in [0.4, 0.5) is 0 Å². The van der Waals surface area contributed by atoms with E-state index in [9.17, 15) is 8.42 Å². The fraction of sp³-hybridized carbons (Fsp3) is 0.538. The molecule has 0 radical (unpaired) electrons. The minimum Gasteiger partial charge on any atom is -0.315 e. The van der Waals surface area contributed by atoms with Gasteiger partial charge in [0, 0.05) is 19.6 Å². The molecule has 1 unspecified atom stereocenters. The highest BCUT2D eigenvalue weighted by molar-refractivity contribution is 7.89. The van der Waals surface area contributed by atoms with Gasteiger partial charge in [-0.3, -0.25) is 0 Å². The maximum atomic E-state index is 11.4. The van der Waals surface area contributed by atoms with Crippen molar-refractivity contribution in [2.24, 2.45) is 0 Å². The van der Waals surface area contributed by atoms with E-state index in [-0.39, 0.29) is 5.75 Å². The summed E-state index contributed by atoms with van der Waals surface area (Å²) in [7, 11) is -3.11. The number of nitrogens with one attached hydrogen (secondary N) is 2. The van der Waals surface area contributed by atoms with Gasteiger partial charge in [-0.1, -0.05) is 44.2 Å². The molecule has 1 rings (SSSR count). The fourth-order valence-corrected chi connectivity index (χ4v) is 2.71. The first-order valence-corrected chi connectivity index (χ1v) is 7.93. The van der Waals surface area contributed by atoms with Crippen molar-refractivity contribution in [2.75, 3.05) is 25.4 Å². The van der Waals surface area contributed by atoms with Crippen LogP contribution in [0, 0.1) is 0 Å². The van der Waals surface area contributed by atoms with Crippen molar-refractivity contribution in [3.63, 3.8) is 0 Å². The Morgan fingerprint density at radius 2 is 1.89 bits per heavy atom. The maximum absolute atomic E-state index is 11.4. The standard InChI is InChI=1S/C13H22N2O2S/c1-3-15-18(16,17)10-9-14-11-12(2)13-7-5-4-6-8-13/h4-8,12,14-15H,3,9-11H2,1-2H3. The molecular formula is C13H22N2O2S.